The number of fused-ring (bicyclic) bond motifs is 1. The van der Waals surface area contributed by atoms with Gasteiger partial charge in [0.15, 0.2) is 5.69 Å². The SMILES string of the molecule is CC(C)(C)[C@H](NC(=O)c1nn(Cc2ccc(C#N)cc2)c2c(F)cccc12)C(=O)N[C@@H]1CNC(=O)C1. The molecule has 2 atom stereocenters. The topological polar surface area (TPSA) is 129 Å². The summed E-state index contributed by atoms with van der Waals surface area (Å²) in [5.41, 5.74) is 0.791. The smallest absolute Gasteiger partial charge is 0.273 e. The average molecular weight is 491 g/mol. The zero-order chi connectivity index (χ0) is 26.0. The minimum absolute atomic E-state index is 0.00194. The Labute approximate surface area is 207 Å². The Hall–Kier alpha value is -4.26. The molecule has 0 radical (unpaired) electrons. The number of nitrogens with zero attached hydrogens (tertiary/aromatic N) is 3. The molecule has 0 bridgehead atoms. The molecule has 2 aromatic carbocycles. The van der Waals surface area contributed by atoms with Crippen LogP contribution in [0.25, 0.3) is 10.9 Å². The Kier molecular flexibility index (Phi) is 6.75. The first-order valence-corrected chi connectivity index (χ1v) is 11.6. The third-order valence-corrected chi connectivity index (χ3v) is 6.08. The van der Waals surface area contributed by atoms with Gasteiger partial charge in [-0.2, -0.15) is 10.4 Å². The lowest BCUT2D eigenvalue weighted by Gasteiger charge is -2.31. The van der Waals surface area contributed by atoms with Crippen LogP contribution in [0.5, 0.6) is 0 Å². The molecule has 1 aliphatic heterocycles. The zero-order valence-electron chi connectivity index (χ0n) is 20.3. The molecule has 0 unspecified atom stereocenters. The van der Waals surface area contributed by atoms with E-state index in [4.69, 9.17) is 5.26 Å². The maximum atomic E-state index is 14.9. The average Bonchev–Trinajstić information content (AvgIpc) is 3.40. The molecular formula is C26H27FN6O3. The van der Waals surface area contributed by atoms with Crippen LogP contribution in [-0.4, -0.2) is 46.1 Å². The van der Waals surface area contributed by atoms with E-state index in [0.29, 0.717) is 17.5 Å². The molecule has 186 valence electrons. The lowest BCUT2D eigenvalue weighted by Crippen LogP contribution is -2.55. The first-order valence-electron chi connectivity index (χ1n) is 11.6. The molecular weight excluding hydrogens is 463 g/mol. The van der Waals surface area contributed by atoms with Crippen molar-refractivity contribution >= 4 is 28.6 Å². The van der Waals surface area contributed by atoms with Crippen molar-refractivity contribution in [1.82, 2.24) is 25.7 Å². The Morgan fingerprint density at radius 1 is 1.25 bits per heavy atom. The molecule has 0 aliphatic carbocycles. The fourth-order valence-corrected chi connectivity index (χ4v) is 4.20. The summed E-state index contributed by atoms with van der Waals surface area (Å²) in [5, 5.41) is 22.0. The molecule has 10 heteroatoms. The van der Waals surface area contributed by atoms with Gasteiger partial charge in [-0.1, -0.05) is 45.0 Å². The molecule has 1 saturated heterocycles. The first-order chi connectivity index (χ1) is 17.1. The van der Waals surface area contributed by atoms with Gasteiger partial charge in [0, 0.05) is 18.4 Å². The molecule has 4 rings (SSSR count). The molecule has 2 heterocycles. The number of aromatic nitrogens is 2. The summed E-state index contributed by atoms with van der Waals surface area (Å²) in [6.45, 7) is 5.96. The van der Waals surface area contributed by atoms with E-state index in [1.807, 2.05) is 20.8 Å². The summed E-state index contributed by atoms with van der Waals surface area (Å²) >= 11 is 0. The summed E-state index contributed by atoms with van der Waals surface area (Å²) in [5.74, 6) is -1.70. The fraction of sp³-hybridized carbons (Fsp3) is 0.346. The van der Waals surface area contributed by atoms with Gasteiger partial charge in [0.1, 0.15) is 17.4 Å². The minimum Gasteiger partial charge on any atom is -0.354 e. The summed E-state index contributed by atoms with van der Waals surface area (Å²) in [4.78, 5) is 37.9. The van der Waals surface area contributed by atoms with Crippen molar-refractivity contribution in [2.45, 2.75) is 45.8 Å². The third kappa shape index (κ3) is 5.20. The number of carbonyl (C=O) groups is 3. The molecule has 1 aromatic heterocycles. The highest BCUT2D eigenvalue weighted by Gasteiger charge is 2.36. The van der Waals surface area contributed by atoms with Gasteiger partial charge in [0.05, 0.1) is 24.2 Å². The van der Waals surface area contributed by atoms with E-state index < -0.39 is 29.1 Å². The van der Waals surface area contributed by atoms with Gasteiger partial charge in [0.2, 0.25) is 11.8 Å². The molecule has 36 heavy (non-hydrogen) atoms. The van der Waals surface area contributed by atoms with Gasteiger partial charge >= 0.3 is 0 Å². The molecule has 1 aliphatic rings. The fourth-order valence-electron chi connectivity index (χ4n) is 4.20. The van der Waals surface area contributed by atoms with Gasteiger partial charge < -0.3 is 16.0 Å². The van der Waals surface area contributed by atoms with Gasteiger partial charge in [-0.15, -0.1) is 0 Å². The van der Waals surface area contributed by atoms with E-state index in [1.165, 1.54) is 16.8 Å². The first kappa shape index (κ1) is 24.9. The van der Waals surface area contributed by atoms with Crippen molar-refractivity contribution in [1.29, 1.82) is 5.26 Å². The number of para-hydroxylation sites is 1. The van der Waals surface area contributed by atoms with Crippen molar-refractivity contribution in [2.24, 2.45) is 5.41 Å². The highest BCUT2D eigenvalue weighted by molar-refractivity contribution is 6.06. The van der Waals surface area contributed by atoms with Gasteiger partial charge in [-0.05, 0) is 29.2 Å². The molecule has 0 spiro atoms. The Balaban J connectivity index is 1.62. The predicted molar refractivity (Wildman–Crippen MR) is 130 cm³/mol. The number of amides is 3. The molecule has 1 fully saturated rings. The predicted octanol–water partition coefficient (Wildman–Crippen LogP) is 2.24. The largest absolute Gasteiger partial charge is 0.354 e. The van der Waals surface area contributed by atoms with Crippen LogP contribution in [-0.2, 0) is 16.1 Å². The number of rotatable bonds is 6. The Morgan fingerprint density at radius 3 is 2.58 bits per heavy atom. The molecule has 3 amide bonds. The second-order valence-electron chi connectivity index (χ2n) is 9.94. The highest BCUT2D eigenvalue weighted by atomic mass is 19.1. The van der Waals surface area contributed by atoms with Crippen LogP contribution in [0.1, 0.15) is 48.8 Å². The van der Waals surface area contributed by atoms with Crippen molar-refractivity contribution in [3.05, 3.63) is 65.1 Å². The van der Waals surface area contributed by atoms with Crippen molar-refractivity contribution in [2.75, 3.05) is 6.54 Å². The van der Waals surface area contributed by atoms with E-state index in [1.54, 1.807) is 30.3 Å². The number of benzene rings is 2. The number of carbonyl (C=O) groups excluding carboxylic acids is 3. The standard InChI is InChI=1S/C26H27FN6O3/c1-26(2,3)23(25(36)30-17-11-20(34)29-13-17)31-24(35)21-18-5-4-6-19(27)22(18)33(32-21)14-16-9-7-15(12-28)8-10-16/h4-10,17,23H,11,13-14H2,1-3H3,(H,29,34)(H,30,36)(H,31,35)/t17-,23+/m0/s1. The van der Waals surface area contributed by atoms with Gasteiger partial charge in [-0.25, -0.2) is 4.39 Å². The monoisotopic (exact) mass is 490 g/mol. The highest BCUT2D eigenvalue weighted by Crippen LogP contribution is 2.25. The normalized spacial score (nSPS) is 16.3. The van der Waals surface area contributed by atoms with Crippen LogP contribution in [0.15, 0.2) is 42.5 Å². The van der Waals surface area contributed by atoms with Crippen LogP contribution in [0, 0.1) is 22.6 Å². The lowest BCUT2D eigenvalue weighted by molar-refractivity contribution is -0.126. The molecule has 3 aromatic rings. The van der Waals surface area contributed by atoms with E-state index in [-0.39, 0.29) is 36.1 Å². The number of hydrogen-bond donors (Lipinski definition) is 3. The molecule has 3 N–H and O–H groups in total. The number of nitrogens with one attached hydrogen (secondary N) is 3. The van der Waals surface area contributed by atoms with Gasteiger partial charge in [-0.3, -0.25) is 19.1 Å². The summed E-state index contributed by atoms with van der Waals surface area (Å²) < 4.78 is 16.3. The van der Waals surface area contributed by atoms with Crippen LogP contribution in [0.3, 0.4) is 0 Å². The van der Waals surface area contributed by atoms with E-state index >= 15 is 0 Å². The van der Waals surface area contributed by atoms with Crippen molar-refractivity contribution < 1.29 is 18.8 Å². The minimum atomic E-state index is -0.923. The summed E-state index contributed by atoms with van der Waals surface area (Å²) in [6.07, 6.45) is 0.181. The summed E-state index contributed by atoms with van der Waals surface area (Å²) in [6, 6.07) is 12.0. The Morgan fingerprint density at radius 2 is 1.97 bits per heavy atom. The van der Waals surface area contributed by atoms with Crippen molar-refractivity contribution in [3.63, 3.8) is 0 Å². The van der Waals surface area contributed by atoms with Crippen LogP contribution in [0.4, 0.5) is 4.39 Å². The van der Waals surface area contributed by atoms with Crippen molar-refractivity contribution in [3.8, 4) is 6.07 Å². The second-order valence-corrected chi connectivity index (χ2v) is 9.94. The quantitative estimate of drug-likeness (QED) is 0.488. The zero-order valence-corrected chi connectivity index (χ0v) is 20.3. The number of halogens is 1. The lowest BCUT2D eigenvalue weighted by atomic mass is 9.85. The maximum Gasteiger partial charge on any atom is 0.273 e. The summed E-state index contributed by atoms with van der Waals surface area (Å²) in [7, 11) is 0. The molecule has 9 nitrogen and oxygen atoms in total. The van der Waals surface area contributed by atoms with E-state index in [0.717, 1.165) is 5.56 Å². The van der Waals surface area contributed by atoms with Crippen LogP contribution >= 0.6 is 0 Å². The second kappa shape index (κ2) is 9.77. The van der Waals surface area contributed by atoms with Gasteiger partial charge in [0.25, 0.3) is 5.91 Å². The van der Waals surface area contributed by atoms with Crippen LogP contribution < -0.4 is 16.0 Å². The van der Waals surface area contributed by atoms with E-state index in [9.17, 15) is 18.8 Å². The molecule has 0 saturated carbocycles. The number of nitriles is 1. The third-order valence-electron chi connectivity index (χ3n) is 6.08. The van der Waals surface area contributed by atoms with E-state index in [2.05, 4.69) is 27.1 Å². The maximum absolute atomic E-state index is 14.9. The number of hydrogen-bond acceptors (Lipinski definition) is 5. The Bertz CT molecular complexity index is 1370. The van der Waals surface area contributed by atoms with Crippen LogP contribution in [0.2, 0.25) is 0 Å².